The first-order valence-electron chi connectivity index (χ1n) is 5.85. The Morgan fingerprint density at radius 1 is 0.625 bits per heavy atom. The van der Waals surface area contributed by atoms with Gasteiger partial charge in [-0.3, -0.25) is 0 Å². The van der Waals surface area contributed by atoms with E-state index in [2.05, 4.69) is 0 Å². The Bertz CT molecular complexity index is 77.2. The van der Waals surface area contributed by atoms with Gasteiger partial charge >= 0.3 is 0 Å². The summed E-state index contributed by atoms with van der Waals surface area (Å²) in [6.07, 6.45) is 2.24. The van der Waals surface area contributed by atoms with Crippen LogP contribution < -0.4 is 0 Å². The van der Waals surface area contributed by atoms with Crippen molar-refractivity contribution in [1.29, 1.82) is 0 Å². The van der Waals surface area contributed by atoms with Crippen molar-refractivity contribution in [2.24, 2.45) is 0 Å². The maximum atomic E-state index is 8.36. The molecule has 0 spiro atoms. The number of hydrogen-bond acceptors (Lipinski definition) is 3. The van der Waals surface area contributed by atoms with E-state index in [1.54, 1.807) is 20.8 Å². The maximum absolute atomic E-state index is 8.36. The van der Waals surface area contributed by atoms with Gasteiger partial charge in [-0.15, -0.1) is 0 Å². The normalized spacial score (nSPS) is 14.1. The number of aliphatic hydroxyl groups excluding tert-OH is 3. The van der Waals surface area contributed by atoms with Crippen LogP contribution in [0.25, 0.3) is 0 Å². The molecule has 0 heterocycles. The standard InChI is InChI=1S/3C4H10O.La/c3*1-3-4(2)5;/h3*4-5H,3H2,1-2H3;. The van der Waals surface area contributed by atoms with Crippen molar-refractivity contribution in [3.63, 3.8) is 0 Å². The summed E-state index contributed by atoms with van der Waals surface area (Å²) in [6, 6.07) is 0. The van der Waals surface area contributed by atoms with Crippen LogP contribution in [-0.2, 0) is 0 Å². The first-order valence-corrected chi connectivity index (χ1v) is 5.85. The van der Waals surface area contributed by atoms with Crippen LogP contribution in [0, 0.1) is 35.6 Å². The Balaban J connectivity index is -0.0000000655. The van der Waals surface area contributed by atoms with Crippen LogP contribution in [0.2, 0.25) is 0 Å². The van der Waals surface area contributed by atoms with Gasteiger partial charge in [0.05, 0.1) is 18.3 Å². The molecule has 0 rings (SSSR count). The second kappa shape index (κ2) is 21.4. The Morgan fingerprint density at radius 2 is 0.688 bits per heavy atom. The van der Waals surface area contributed by atoms with Crippen molar-refractivity contribution in [1.82, 2.24) is 0 Å². The molecule has 0 aliphatic heterocycles. The summed E-state index contributed by atoms with van der Waals surface area (Å²) in [5, 5.41) is 25.1. The molecule has 0 aromatic heterocycles. The topological polar surface area (TPSA) is 60.7 Å². The second-order valence-electron chi connectivity index (χ2n) is 3.77. The Morgan fingerprint density at radius 3 is 0.688 bits per heavy atom. The average Bonchev–Trinajstić information content (AvgIpc) is 2.19. The van der Waals surface area contributed by atoms with Gasteiger partial charge in [0.25, 0.3) is 0 Å². The van der Waals surface area contributed by atoms with E-state index in [0.29, 0.717) is 0 Å². The van der Waals surface area contributed by atoms with E-state index in [0.717, 1.165) is 19.3 Å². The molecule has 0 aliphatic rings. The number of aliphatic hydroxyl groups is 3. The molecule has 99 valence electrons. The van der Waals surface area contributed by atoms with Crippen LogP contribution >= 0.6 is 0 Å². The van der Waals surface area contributed by atoms with Crippen LogP contribution in [0.4, 0.5) is 0 Å². The minimum absolute atomic E-state index is 0. The molecule has 0 saturated carbocycles. The first-order chi connectivity index (χ1) is 6.81. The van der Waals surface area contributed by atoms with Crippen LogP contribution in [0.1, 0.15) is 60.8 Å². The van der Waals surface area contributed by atoms with Gasteiger partial charge in [0.1, 0.15) is 0 Å². The largest absolute Gasteiger partial charge is 0.393 e. The molecule has 16 heavy (non-hydrogen) atoms. The predicted octanol–water partition coefficient (Wildman–Crippen LogP) is 2.33. The molecule has 3 nitrogen and oxygen atoms in total. The Kier molecular flexibility index (Phi) is 34.5. The van der Waals surface area contributed by atoms with E-state index in [4.69, 9.17) is 15.3 Å². The monoisotopic (exact) mass is 361 g/mol. The molecular formula is C12H30LaO3. The van der Waals surface area contributed by atoms with E-state index < -0.39 is 0 Å². The molecular weight excluding hydrogens is 331 g/mol. The van der Waals surface area contributed by atoms with Crippen molar-refractivity contribution in [3.8, 4) is 0 Å². The fraction of sp³-hybridized carbons (Fsp3) is 1.00. The van der Waals surface area contributed by atoms with Gasteiger partial charge in [-0.25, -0.2) is 0 Å². The van der Waals surface area contributed by atoms with Crippen LogP contribution in [0.15, 0.2) is 0 Å². The third-order valence-corrected chi connectivity index (χ3v) is 1.77. The van der Waals surface area contributed by atoms with Gasteiger partial charge in [0.2, 0.25) is 0 Å². The molecule has 0 aliphatic carbocycles. The van der Waals surface area contributed by atoms with Crippen molar-refractivity contribution in [2.75, 3.05) is 0 Å². The van der Waals surface area contributed by atoms with E-state index >= 15 is 0 Å². The van der Waals surface area contributed by atoms with Gasteiger partial charge in [-0.05, 0) is 40.0 Å². The van der Waals surface area contributed by atoms with E-state index in [9.17, 15) is 0 Å². The Hall–Kier alpha value is 1.07. The molecule has 1 radical (unpaired) electrons. The summed E-state index contributed by atoms with van der Waals surface area (Å²) in [7, 11) is 0. The van der Waals surface area contributed by atoms with Crippen molar-refractivity contribution in [2.45, 2.75) is 79.1 Å². The summed E-state index contributed by atoms with van der Waals surface area (Å²) < 4.78 is 0. The third-order valence-electron chi connectivity index (χ3n) is 1.77. The molecule has 0 saturated heterocycles. The van der Waals surface area contributed by atoms with Gasteiger partial charge in [0.15, 0.2) is 0 Å². The molecule has 0 aromatic carbocycles. The zero-order chi connectivity index (χ0) is 12.9. The molecule has 3 atom stereocenters. The van der Waals surface area contributed by atoms with Gasteiger partial charge in [-0.1, -0.05) is 20.8 Å². The third kappa shape index (κ3) is 59.7. The predicted molar refractivity (Wildman–Crippen MR) is 65.9 cm³/mol. The fourth-order valence-corrected chi connectivity index (χ4v) is 0. The SMILES string of the molecule is CCC(C)O.CCC(C)O.CCC(C)O.[La]. The first kappa shape index (κ1) is 25.8. The average molecular weight is 361 g/mol. The van der Waals surface area contributed by atoms with E-state index in [1.807, 2.05) is 20.8 Å². The molecule has 0 amide bonds. The van der Waals surface area contributed by atoms with Crippen molar-refractivity contribution >= 4 is 0 Å². The number of rotatable bonds is 3. The molecule has 3 unspecified atom stereocenters. The summed E-state index contributed by atoms with van der Waals surface area (Å²) in [5.74, 6) is 0. The summed E-state index contributed by atoms with van der Waals surface area (Å²) in [4.78, 5) is 0. The molecule has 0 fully saturated rings. The van der Waals surface area contributed by atoms with Crippen LogP contribution in [0.3, 0.4) is 0 Å². The smallest absolute Gasteiger partial charge is 0.0509 e. The minimum atomic E-state index is -0.116. The summed E-state index contributed by atoms with van der Waals surface area (Å²) in [5.41, 5.74) is 0. The van der Waals surface area contributed by atoms with Crippen LogP contribution in [0.5, 0.6) is 0 Å². The zero-order valence-corrected chi connectivity index (χ0v) is 15.4. The zero-order valence-electron chi connectivity index (χ0n) is 11.8. The molecule has 0 aromatic rings. The quantitative estimate of drug-likeness (QED) is 0.723. The van der Waals surface area contributed by atoms with Crippen molar-refractivity contribution in [3.05, 3.63) is 0 Å². The molecule has 4 heteroatoms. The van der Waals surface area contributed by atoms with Crippen LogP contribution in [-0.4, -0.2) is 33.6 Å². The minimum Gasteiger partial charge on any atom is -0.393 e. The van der Waals surface area contributed by atoms with Crippen molar-refractivity contribution < 1.29 is 50.9 Å². The van der Waals surface area contributed by atoms with Gasteiger partial charge in [-0.2, -0.15) is 0 Å². The fourth-order valence-electron chi connectivity index (χ4n) is 0. The summed E-state index contributed by atoms with van der Waals surface area (Å²) in [6.45, 7) is 11.2. The maximum Gasteiger partial charge on any atom is 0.0509 e. The van der Waals surface area contributed by atoms with E-state index in [-0.39, 0.29) is 53.9 Å². The van der Waals surface area contributed by atoms with Gasteiger partial charge < -0.3 is 15.3 Å². The summed E-state index contributed by atoms with van der Waals surface area (Å²) >= 11 is 0. The number of hydrogen-bond donors (Lipinski definition) is 3. The Labute approximate surface area is 129 Å². The molecule has 0 bridgehead atoms. The second-order valence-corrected chi connectivity index (χ2v) is 3.77. The van der Waals surface area contributed by atoms with Gasteiger partial charge in [0, 0.05) is 35.6 Å². The molecule has 3 N–H and O–H groups in total. The van der Waals surface area contributed by atoms with E-state index in [1.165, 1.54) is 0 Å².